The Labute approximate surface area is 106 Å². The predicted octanol–water partition coefficient (Wildman–Crippen LogP) is 3.00. The molecule has 0 aliphatic heterocycles. The molecule has 1 rings (SSSR count). The maximum atomic E-state index is 5.57. The minimum absolute atomic E-state index is 0.565. The minimum Gasteiger partial charge on any atom is -0.492 e. The molecule has 90 valence electrons. The first-order chi connectivity index (χ1) is 7.68. The molecule has 0 spiro atoms. The third-order valence-corrected chi connectivity index (χ3v) is 2.51. The molecule has 1 aromatic rings. The van der Waals surface area contributed by atoms with Crippen molar-refractivity contribution in [2.45, 2.75) is 32.7 Å². The van der Waals surface area contributed by atoms with Gasteiger partial charge in [-0.25, -0.2) is 0 Å². The lowest BCUT2D eigenvalue weighted by atomic mass is 10.3. The smallest absolute Gasteiger partial charge is 0.138 e. The zero-order chi connectivity index (χ0) is 11.8. The number of unbranched alkanes of at least 4 members (excludes halogenated alkanes) is 1. The molecule has 0 bridgehead atoms. The Morgan fingerprint density at radius 2 is 2.19 bits per heavy atom. The van der Waals surface area contributed by atoms with Crippen molar-refractivity contribution in [1.29, 1.82) is 0 Å². The van der Waals surface area contributed by atoms with Crippen molar-refractivity contribution in [2.24, 2.45) is 0 Å². The average Bonchev–Trinajstić information content (AvgIpc) is 2.23. The Balaban J connectivity index is 2.07. The molecule has 3 nitrogen and oxygen atoms in total. The molecular formula is C12H19BrN2O. The van der Waals surface area contributed by atoms with Crippen LogP contribution in [0.5, 0.6) is 5.75 Å². The molecule has 0 saturated heterocycles. The Morgan fingerprint density at radius 3 is 2.88 bits per heavy atom. The summed E-state index contributed by atoms with van der Waals surface area (Å²) >= 11 is 3.36. The van der Waals surface area contributed by atoms with E-state index in [0.29, 0.717) is 6.04 Å². The van der Waals surface area contributed by atoms with E-state index in [0.717, 1.165) is 36.2 Å². The summed E-state index contributed by atoms with van der Waals surface area (Å²) in [4.78, 5) is 4.04. The summed E-state index contributed by atoms with van der Waals surface area (Å²) < 4.78 is 6.52. The van der Waals surface area contributed by atoms with Gasteiger partial charge in [-0.1, -0.05) is 13.8 Å². The number of hydrogen-bond donors (Lipinski definition) is 1. The molecule has 0 saturated carbocycles. The van der Waals surface area contributed by atoms with Gasteiger partial charge in [-0.15, -0.1) is 0 Å². The van der Waals surface area contributed by atoms with Gasteiger partial charge in [0.15, 0.2) is 0 Å². The zero-order valence-electron chi connectivity index (χ0n) is 9.87. The van der Waals surface area contributed by atoms with E-state index < -0.39 is 0 Å². The fraction of sp³-hybridized carbons (Fsp3) is 0.583. The summed E-state index contributed by atoms with van der Waals surface area (Å²) in [7, 11) is 0. The highest BCUT2D eigenvalue weighted by Crippen LogP contribution is 2.15. The van der Waals surface area contributed by atoms with Crippen molar-refractivity contribution in [3.8, 4) is 5.75 Å². The van der Waals surface area contributed by atoms with E-state index in [1.807, 2.05) is 6.07 Å². The molecule has 16 heavy (non-hydrogen) atoms. The van der Waals surface area contributed by atoms with E-state index in [9.17, 15) is 0 Å². The number of pyridine rings is 1. The molecule has 0 radical (unpaired) electrons. The van der Waals surface area contributed by atoms with E-state index >= 15 is 0 Å². The number of aromatic nitrogens is 1. The van der Waals surface area contributed by atoms with E-state index in [1.165, 1.54) is 0 Å². The van der Waals surface area contributed by atoms with E-state index in [2.05, 4.69) is 40.1 Å². The Morgan fingerprint density at radius 1 is 1.38 bits per heavy atom. The molecule has 0 aliphatic rings. The van der Waals surface area contributed by atoms with Crippen molar-refractivity contribution < 1.29 is 4.74 Å². The molecule has 0 atom stereocenters. The first-order valence-corrected chi connectivity index (χ1v) is 6.44. The monoisotopic (exact) mass is 286 g/mol. The maximum Gasteiger partial charge on any atom is 0.138 e. The lowest BCUT2D eigenvalue weighted by Gasteiger charge is -2.08. The van der Waals surface area contributed by atoms with Crippen LogP contribution in [-0.2, 0) is 0 Å². The van der Waals surface area contributed by atoms with Crippen LogP contribution in [0.15, 0.2) is 22.9 Å². The van der Waals surface area contributed by atoms with Crippen LogP contribution in [0.3, 0.4) is 0 Å². The molecule has 0 aliphatic carbocycles. The third kappa shape index (κ3) is 6.08. The van der Waals surface area contributed by atoms with E-state index in [1.54, 1.807) is 12.4 Å². The number of rotatable bonds is 7. The lowest BCUT2D eigenvalue weighted by molar-refractivity contribution is 0.303. The van der Waals surface area contributed by atoms with E-state index in [-0.39, 0.29) is 0 Å². The lowest BCUT2D eigenvalue weighted by Crippen LogP contribution is -2.23. The summed E-state index contributed by atoms with van der Waals surface area (Å²) in [5.41, 5.74) is 0. The summed E-state index contributed by atoms with van der Waals surface area (Å²) in [6, 6.07) is 2.49. The van der Waals surface area contributed by atoms with Crippen LogP contribution in [-0.4, -0.2) is 24.2 Å². The van der Waals surface area contributed by atoms with Gasteiger partial charge in [0.1, 0.15) is 5.75 Å². The summed E-state index contributed by atoms with van der Waals surface area (Å²) in [5, 5.41) is 3.38. The Hall–Kier alpha value is -0.610. The molecule has 1 aromatic heterocycles. The van der Waals surface area contributed by atoms with Gasteiger partial charge in [0.2, 0.25) is 0 Å². The standard InChI is InChI=1S/C12H19BrN2O/c1-10(2)15-5-3-4-6-16-12-7-11(13)8-14-9-12/h7-10,15H,3-6H2,1-2H3. The summed E-state index contributed by atoms with van der Waals surface area (Å²) in [6.45, 7) is 6.11. The number of hydrogen-bond acceptors (Lipinski definition) is 3. The SMILES string of the molecule is CC(C)NCCCCOc1cncc(Br)c1. The van der Waals surface area contributed by atoms with Crippen LogP contribution in [0.1, 0.15) is 26.7 Å². The van der Waals surface area contributed by atoms with Crippen LogP contribution in [0.2, 0.25) is 0 Å². The quantitative estimate of drug-likeness (QED) is 0.783. The molecular weight excluding hydrogens is 268 g/mol. The molecule has 0 aromatic carbocycles. The second-order valence-electron chi connectivity index (χ2n) is 4.00. The number of nitrogens with zero attached hydrogens (tertiary/aromatic N) is 1. The molecule has 0 amide bonds. The van der Waals surface area contributed by atoms with Crippen LogP contribution in [0.4, 0.5) is 0 Å². The van der Waals surface area contributed by atoms with Crippen LogP contribution >= 0.6 is 15.9 Å². The van der Waals surface area contributed by atoms with Crippen LogP contribution in [0, 0.1) is 0 Å². The highest BCUT2D eigenvalue weighted by atomic mass is 79.9. The van der Waals surface area contributed by atoms with Gasteiger partial charge in [-0.05, 0) is 41.4 Å². The fourth-order valence-corrected chi connectivity index (χ4v) is 1.62. The average molecular weight is 287 g/mol. The Bertz CT molecular complexity index is 305. The molecule has 4 heteroatoms. The number of halogens is 1. The number of ether oxygens (including phenoxy) is 1. The largest absolute Gasteiger partial charge is 0.492 e. The van der Waals surface area contributed by atoms with Gasteiger partial charge >= 0.3 is 0 Å². The van der Waals surface area contributed by atoms with Crippen molar-refractivity contribution in [3.05, 3.63) is 22.9 Å². The zero-order valence-corrected chi connectivity index (χ0v) is 11.5. The predicted molar refractivity (Wildman–Crippen MR) is 69.8 cm³/mol. The van der Waals surface area contributed by atoms with Crippen molar-refractivity contribution in [3.63, 3.8) is 0 Å². The van der Waals surface area contributed by atoms with Gasteiger partial charge in [0.05, 0.1) is 12.8 Å². The number of nitrogens with one attached hydrogen (secondary N) is 1. The van der Waals surface area contributed by atoms with Crippen molar-refractivity contribution >= 4 is 15.9 Å². The normalized spacial score (nSPS) is 10.8. The topological polar surface area (TPSA) is 34.1 Å². The van der Waals surface area contributed by atoms with Gasteiger partial charge in [-0.2, -0.15) is 0 Å². The second-order valence-corrected chi connectivity index (χ2v) is 4.92. The van der Waals surface area contributed by atoms with Crippen LogP contribution in [0.25, 0.3) is 0 Å². The van der Waals surface area contributed by atoms with Gasteiger partial charge in [0.25, 0.3) is 0 Å². The maximum absolute atomic E-state index is 5.57. The van der Waals surface area contributed by atoms with Gasteiger partial charge in [0, 0.05) is 16.7 Å². The Kier molecular flexibility index (Phi) is 6.42. The first-order valence-electron chi connectivity index (χ1n) is 5.65. The van der Waals surface area contributed by atoms with Gasteiger partial charge < -0.3 is 10.1 Å². The van der Waals surface area contributed by atoms with Crippen LogP contribution < -0.4 is 10.1 Å². The third-order valence-electron chi connectivity index (χ3n) is 2.07. The molecule has 1 heterocycles. The minimum atomic E-state index is 0.565. The second kappa shape index (κ2) is 7.63. The highest BCUT2D eigenvalue weighted by Gasteiger charge is 1.96. The summed E-state index contributed by atoms with van der Waals surface area (Å²) in [5.74, 6) is 0.825. The van der Waals surface area contributed by atoms with Crippen molar-refractivity contribution in [1.82, 2.24) is 10.3 Å². The van der Waals surface area contributed by atoms with Crippen molar-refractivity contribution in [2.75, 3.05) is 13.2 Å². The molecule has 0 fully saturated rings. The van der Waals surface area contributed by atoms with E-state index in [4.69, 9.17) is 4.74 Å². The molecule has 1 N–H and O–H groups in total. The molecule has 0 unspecified atom stereocenters. The first kappa shape index (κ1) is 13.5. The highest BCUT2D eigenvalue weighted by molar-refractivity contribution is 9.10. The summed E-state index contributed by atoms with van der Waals surface area (Å²) in [6.07, 6.45) is 5.68. The fourth-order valence-electron chi connectivity index (χ4n) is 1.28. The van der Waals surface area contributed by atoms with Gasteiger partial charge in [-0.3, -0.25) is 4.98 Å².